The van der Waals surface area contributed by atoms with Crippen LogP contribution < -0.4 is 5.32 Å². The quantitative estimate of drug-likeness (QED) is 0.865. The van der Waals surface area contributed by atoms with Crippen molar-refractivity contribution < 1.29 is 9.32 Å². The van der Waals surface area contributed by atoms with E-state index in [1.165, 1.54) is 0 Å². The average molecular weight is 296 g/mol. The second-order valence-corrected chi connectivity index (χ2v) is 4.25. The number of amides is 1. The minimum absolute atomic E-state index is 0.255. The molecule has 0 fully saturated rings. The lowest BCUT2D eigenvalue weighted by atomic mass is 10.2. The van der Waals surface area contributed by atoms with E-state index in [-0.39, 0.29) is 5.91 Å². The summed E-state index contributed by atoms with van der Waals surface area (Å²) in [4.78, 5) is 16.0. The van der Waals surface area contributed by atoms with Gasteiger partial charge in [0.05, 0.1) is 11.4 Å². The topological polar surface area (TPSA) is 68.0 Å². The molecule has 0 radical (unpaired) electrons. The van der Waals surface area contributed by atoms with Crippen LogP contribution in [0.5, 0.6) is 0 Å². The minimum Gasteiger partial charge on any atom is -0.361 e. The Hall–Kier alpha value is -1.69. The van der Waals surface area contributed by atoms with Gasteiger partial charge in [0.25, 0.3) is 5.91 Å². The largest absolute Gasteiger partial charge is 0.361 e. The smallest absolute Gasteiger partial charge is 0.261 e. The predicted molar refractivity (Wildman–Crippen MR) is 65.9 cm³/mol. The van der Waals surface area contributed by atoms with Crippen molar-refractivity contribution in [1.29, 1.82) is 0 Å². The van der Waals surface area contributed by atoms with Crippen LogP contribution in [0.4, 0.5) is 5.69 Å². The van der Waals surface area contributed by atoms with E-state index in [9.17, 15) is 4.79 Å². The molecule has 17 heavy (non-hydrogen) atoms. The SMILES string of the molecule is Cc1noc(C)c1C(=O)Nc1cccnc1Br. The molecule has 2 heterocycles. The first-order valence-electron chi connectivity index (χ1n) is 4.94. The van der Waals surface area contributed by atoms with Gasteiger partial charge in [-0.25, -0.2) is 4.98 Å². The number of nitrogens with one attached hydrogen (secondary N) is 1. The van der Waals surface area contributed by atoms with Crippen molar-refractivity contribution in [2.24, 2.45) is 0 Å². The highest BCUT2D eigenvalue weighted by Gasteiger charge is 2.18. The lowest BCUT2D eigenvalue weighted by Crippen LogP contribution is -2.14. The number of pyridine rings is 1. The zero-order valence-corrected chi connectivity index (χ0v) is 10.9. The van der Waals surface area contributed by atoms with E-state index < -0.39 is 0 Å². The van der Waals surface area contributed by atoms with E-state index in [1.807, 2.05) is 0 Å². The van der Waals surface area contributed by atoms with Gasteiger partial charge in [0.1, 0.15) is 15.9 Å². The molecule has 0 unspecified atom stereocenters. The van der Waals surface area contributed by atoms with Crippen LogP contribution in [0, 0.1) is 13.8 Å². The Morgan fingerprint density at radius 3 is 2.82 bits per heavy atom. The maximum absolute atomic E-state index is 12.0. The van der Waals surface area contributed by atoms with Crippen LogP contribution in [0.15, 0.2) is 27.5 Å². The van der Waals surface area contributed by atoms with Crippen molar-refractivity contribution in [2.75, 3.05) is 5.32 Å². The Morgan fingerprint density at radius 2 is 2.24 bits per heavy atom. The molecule has 0 spiro atoms. The number of hydrogen-bond donors (Lipinski definition) is 1. The molecule has 0 aliphatic heterocycles. The van der Waals surface area contributed by atoms with Crippen molar-refractivity contribution in [2.45, 2.75) is 13.8 Å². The number of carbonyl (C=O) groups is 1. The molecule has 1 N–H and O–H groups in total. The van der Waals surface area contributed by atoms with E-state index >= 15 is 0 Å². The molecule has 2 aromatic rings. The number of aromatic nitrogens is 2. The van der Waals surface area contributed by atoms with E-state index in [1.54, 1.807) is 32.2 Å². The fraction of sp³-hybridized carbons (Fsp3) is 0.182. The highest BCUT2D eigenvalue weighted by atomic mass is 79.9. The molecule has 2 aromatic heterocycles. The molecule has 88 valence electrons. The van der Waals surface area contributed by atoms with Gasteiger partial charge in [-0.05, 0) is 41.9 Å². The summed E-state index contributed by atoms with van der Waals surface area (Å²) in [7, 11) is 0. The molecule has 0 saturated heterocycles. The first kappa shape index (κ1) is 11.8. The molecule has 0 saturated carbocycles. The number of rotatable bonds is 2. The molecule has 2 rings (SSSR count). The summed E-state index contributed by atoms with van der Waals surface area (Å²) >= 11 is 3.26. The number of nitrogens with zero attached hydrogens (tertiary/aromatic N) is 2. The molecule has 0 aliphatic rings. The Morgan fingerprint density at radius 1 is 1.47 bits per heavy atom. The van der Waals surface area contributed by atoms with Crippen LogP contribution in [-0.4, -0.2) is 16.0 Å². The average Bonchev–Trinajstić information content (AvgIpc) is 2.62. The van der Waals surface area contributed by atoms with Crippen LogP contribution in [-0.2, 0) is 0 Å². The highest BCUT2D eigenvalue weighted by molar-refractivity contribution is 9.10. The summed E-state index contributed by atoms with van der Waals surface area (Å²) < 4.78 is 5.53. The molecular formula is C11H10BrN3O2. The number of carbonyl (C=O) groups excluding carboxylic acids is 1. The second-order valence-electron chi connectivity index (χ2n) is 3.50. The zero-order chi connectivity index (χ0) is 12.4. The van der Waals surface area contributed by atoms with E-state index in [2.05, 4.69) is 31.4 Å². The molecule has 0 atom stereocenters. The second kappa shape index (κ2) is 4.67. The number of hydrogen-bond acceptors (Lipinski definition) is 4. The normalized spacial score (nSPS) is 10.3. The van der Waals surface area contributed by atoms with Crippen LogP contribution in [0.2, 0.25) is 0 Å². The van der Waals surface area contributed by atoms with Crippen LogP contribution in [0.3, 0.4) is 0 Å². The maximum Gasteiger partial charge on any atom is 0.261 e. The standard InChI is InChI=1S/C11H10BrN3O2/c1-6-9(7(2)17-15-6)11(16)14-8-4-3-5-13-10(8)12/h3-5H,1-2H3,(H,14,16). The van der Waals surface area contributed by atoms with Gasteiger partial charge >= 0.3 is 0 Å². The third-order valence-corrected chi connectivity index (χ3v) is 2.90. The Bertz CT molecular complexity index is 546. The van der Waals surface area contributed by atoms with Gasteiger partial charge in [-0.3, -0.25) is 4.79 Å². The van der Waals surface area contributed by atoms with E-state index in [0.29, 0.717) is 27.3 Å². The molecule has 0 bridgehead atoms. The van der Waals surface area contributed by atoms with Crippen molar-refractivity contribution in [3.63, 3.8) is 0 Å². The fourth-order valence-electron chi connectivity index (χ4n) is 1.47. The minimum atomic E-state index is -0.255. The van der Waals surface area contributed by atoms with Gasteiger partial charge in [-0.1, -0.05) is 5.16 Å². The number of aryl methyl sites for hydroxylation is 2. The monoisotopic (exact) mass is 295 g/mol. The summed E-state index contributed by atoms with van der Waals surface area (Å²) in [5.74, 6) is 0.245. The first-order chi connectivity index (χ1) is 8.09. The summed E-state index contributed by atoms with van der Waals surface area (Å²) in [6.45, 7) is 3.43. The van der Waals surface area contributed by atoms with E-state index in [0.717, 1.165) is 0 Å². The van der Waals surface area contributed by atoms with Crippen LogP contribution >= 0.6 is 15.9 Å². The van der Waals surface area contributed by atoms with Crippen LogP contribution in [0.25, 0.3) is 0 Å². The van der Waals surface area contributed by atoms with Gasteiger partial charge in [-0.15, -0.1) is 0 Å². The summed E-state index contributed by atoms with van der Waals surface area (Å²) in [6, 6.07) is 3.50. The van der Waals surface area contributed by atoms with Gasteiger partial charge in [0.15, 0.2) is 0 Å². The van der Waals surface area contributed by atoms with Crippen LogP contribution in [0.1, 0.15) is 21.8 Å². The molecule has 0 aliphatic carbocycles. The van der Waals surface area contributed by atoms with Gasteiger partial charge < -0.3 is 9.84 Å². The zero-order valence-electron chi connectivity index (χ0n) is 9.32. The molecule has 0 aromatic carbocycles. The van der Waals surface area contributed by atoms with Crippen molar-refractivity contribution in [3.8, 4) is 0 Å². The third-order valence-electron chi connectivity index (χ3n) is 2.27. The van der Waals surface area contributed by atoms with Crippen molar-refractivity contribution in [3.05, 3.63) is 40.0 Å². The summed E-state index contributed by atoms with van der Waals surface area (Å²) in [5.41, 5.74) is 1.64. The highest BCUT2D eigenvalue weighted by Crippen LogP contribution is 2.20. The lowest BCUT2D eigenvalue weighted by molar-refractivity contribution is 0.102. The van der Waals surface area contributed by atoms with Gasteiger partial charge in [-0.2, -0.15) is 0 Å². The molecule has 5 nitrogen and oxygen atoms in total. The van der Waals surface area contributed by atoms with E-state index in [4.69, 9.17) is 4.52 Å². The van der Waals surface area contributed by atoms with Crippen molar-refractivity contribution >= 4 is 27.5 Å². The lowest BCUT2D eigenvalue weighted by Gasteiger charge is -2.05. The number of anilines is 1. The Labute approximate surface area is 106 Å². The Balaban J connectivity index is 2.27. The Kier molecular flexibility index (Phi) is 3.23. The fourth-order valence-corrected chi connectivity index (χ4v) is 1.82. The summed E-state index contributed by atoms with van der Waals surface area (Å²) in [5, 5.41) is 6.48. The van der Waals surface area contributed by atoms with Crippen molar-refractivity contribution in [1.82, 2.24) is 10.1 Å². The molecule has 1 amide bonds. The van der Waals surface area contributed by atoms with Gasteiger partial charge in [0.2, 0.25) is 0 Å². The molecule has 6 heteroatoms. The predicted octanol–water partition coefficient (Wildman–Crippen LogP) is 2.70. The third kappa shape index (κ3) is 2.36. The van der Waals surface area contributed by atoms with Gasteiger partial charge in [0, 0.05) is 6.20 Å². The first-order valence-corrected chi connectivity index (χ1v) is 5.73. The summed E-state index contributed by atoms with van der Waals surface area (Å²) in [6.07, 6.45) is 1.63. The number of halogens is 1. The molecular weight excluding hydrogens is 286 g/mol. The maximum atomic E-state index is 12.0.